The van der Waals surface area contributed by atoms with Crippen LogP contribution >= 0.6 is 11.6 Å². The van der Waals surface area contributed by atoms with E-state index in [1.165, 1.54) is 15.9 Å². The summed E-state index contributed by atoms with van der Waals surface area (Å²) in [6.07, 6.45) is -0.243. The number of ether oxygens (including phenoxy) is 1. The number of hydrogen-bond donors (Lipinski definition) is 1. The molecule has 0 spiro atoms. The molecule has 8 nitrogen and oxygen atoms in total. The number of hydrogen-bond acceptors (Lipinski definition) is 5. The highest BCUT2D eigenvalue weighted by atomic mass is 35.5. The van der Waals surface area contributed by atoms with Crippen LogP contribution in [0, 0.1) is 6.92 Å². The first kappa shape index (κ1) is 21.9. The van der Waals surface area contributed by atoms with Gasteiger partial charge < -0.3 is 4.74 Å². The van der Waals surface area contributed by atoms with Gasteiger partial charge in [-0.3, -0.25) is 29.5 Å². The SMILES string of the molecule is Cc1ccc(N(C)C(=O)Oc2cc3c4c(cccc4c2)N(C2CCC(=O)NC2=O)C3=O)cc1Cl. The first-order valence-electron chi connectivity index (χ1n) is 10.7. The van der Waals surface area contributed by atoms with Gasteiger partial charge in [0.15, 0.2) is 0 Å². The molecule has 2 aliphatic rings. The van der Waals surface area contributed by atoms with Crippen molar-refractivity contribution in [3.05, 3.63) is 64.7 Å². The van der Waals surface area contributed by atoms with Crippen molar-refractivity contribution in [1.29, 1.82) is 0 Å². The number of imide groups is 1. The summed E-state index contributed by atoms with van der Waals surface area (Å²) < 4.78 is 5.59. The lowest BCUT2D eigenvalue weighted by Crippen LogP contribution is -2.53. The number of piperidine rings is 1. The van der Waals surface area contributed by atoms with E-state index in [1.807, 2.05) is 19.1 Å². The molecule has 2 heterocycles. The second-order valence-electron chi connectivity index (χ2n) is 8.35. The quantitative estimate of drug-likeness (QED) is 0.570. The largest absolute Gasteiger partial charge is 0.419 e. The lowest BCUT2D eigenvalue weighted by atomic mass is 10.0. The van der Waals surface area contributed by atoms with Crippen LogP contribution in [0.1, 0.15) is 28.8 Å². The molecule has 1 N–H and O–H groups in total. The number of anilines is 2. The zero-order chi connectivity index (χ0) is 24.1. The summed E-state index contributed by atoms with van der Waals surface area (Å²) in [6, 6.07) is 13.0. The lowest BCUT2D eigenvalue weighted by molar-refractivity contribution is -0.134. The fourth-order valence-electron chi connectivity index (χ4n) is 4.35. The predicted octanol–water partition coefficient (Wildman–Crippen LogP) is 4.20. The minimum Gasteiger partial charge on any atom is -0.410 e. The summed E-state index contributed by atoms with van der Waals surface area (Å²) in [5.41, 5.74) is 2.38. The number of aryl methyl sites for hydroxylation is 1. The maximum atomic E-state index is 13.4. The van der Waals surface area contributed by atoms with E-state index in [1.54, 1.807) is 37.4 Å². The molecule has 0 aromatic heterocycles. The van der Waals surface area contributed by atoms with Gasteiger partial charge in [-0.25, -0.2) is 4.79 Å². The van der Waals surface area contributed by atoms with Crippen molar-refractivity contribution in [2.45, 2.75) is 25.8 Å². The topological polar surface area (TPSA) is 96.0 Å². The number of benzene rings is 3. The van der Waals surface area contributed by atoms with Crippen molar-refractivity contribution < 1.29 is 23.9 Å². The predicted molar refractivity (Wildman–Crippen MR) is 128 cm³/mol. The van der Waals surface area contributed by atoms with Crippen molar-refractivity contribution in [3.8, 4) is 5.75 Å². The zero-order valence-electron chi connectivity index (χ0n) is 18.4. The molecule has 9 heteroatoms. The summed E-state index contributed by atoms with van der Waals surface area (Å²) in [4.78, 5) is 52.9. The van der Waals surface area contributed by atoms with E-state index in [2.05, 4.69) is 5.32 Å². The molecule has 1 atom stereocenters. The summed E-state index contributed by atoms with van der Waals surface area (Å²) in [5, 5.41) is 4.21. The van der Waals surface area contributed by atoms with E-state index in [0.29, 0.717) is 32.7 Å². The van der Waals surface area contributed by atoms with Crippen LogP contribution in [0.25, 0.3) is 10.8 Å². The van der Waals surface area contributed by atoms with Gasteiger partial charge in [0.2, 0.25) is 11.8 Å². The van der Waals surface area contributed by atoms with E-state index < -0.39 is 18.0 Å². The number of nitrogens with one attached hydrogen (secondary N) is 1. The molecule has 172 valence electrons. The zero-order valence-corrected chi connectivity index (χ0v) is 19.2. The smallest absolute Gasteiger partial charge is 0.410 e. The summed E-state index contributed by atoms with van der Waals surface area (Å²) in [6.45, 7) is 1.87. The van der Waals surface area contributed by atoms with Crippen LogP contribution < -0.4 is 19.9 Å². The van der Waals surface area contributed by atoms with Crippen LogP contribution in [-0.4, -0.2) is 36.9 Å². The van der Waals surface area contributed by atoms with Crippen LogP contribution in [0.5, 0.6) is 5.75 Å². The molecule has 2 aliphatic heterocycles. The van der Waals surface area contributed by atoms with E-state index >= 15 is 0 Å². The number of rotatable bonds is 3. The minimum atomic E-state index is -0.786. The Bertz CT molecular complexity index is 1400. The molecular weight excluding hydrogens is 458 g/mol. The Morgan fingerprint density at radius 3 is 2.68 bits per heavy atom. The van der Waals surface area contributed by atoms with Gasteiger partial charge in [-0.1, -0.05) is 29.8 Å². The Morgan fingerprint density at radius 2 is 1.94 bits per heavy atom. The van der Waals surface area contributed by atoms with E-state index in [4.69, 9.17) is 16.3 Å². The molecule has 4 amide bonds. The van der Waals surface area contributed by atoms with Gasteiger partial charge in [0.05, 0.1) is 11.3 Å². The van der Waals surface area contributed by atoms with Crippen molar-refractivity contribution in [2.75, 3.05) is 16.8 Å². The molecule has 1 fully saturated rings. The van der Waals surface area contributed by atoms with Gasteiger partial charge in [-0.15, -0.1) is 0 Å². The normalized spacial score (nSPS) is 17.2. The second kappa shape index (κ2) is 8.14. The van der Waals surface area contributed by atoms with Crippen LogP contribution in [-0.2, 0) is 9.59 Å². The molecule has 1 saturated heterocycles. The highest BCUT2D eigenvalue weighted by Crippen LogP contribution is 2.41. The van der Waals surface area contributed by atoms with E-state index in [0.717, 1.165) is 5.56 Å². The maximum absolute atomic E-state index is 13.4. The molecular formula is C25H20ClN3O5. The average molecular weight is 478 g/mol. The molecule has 0 bridgehead atoms. The summed E-state index contributed by atoms with van der Waals surface area (Å²) >= 11 is 6.18. The highest BCUT2D eigenvalue weighted by Gasteiger charge is 2.41. The second-order valence-corrected chi connectivity index (χ2v) is 8.76. The third kappa shape index (κ3) is 3.56. The van der Waals surface area contributed by atoms with Crippen molar-refractivity contribution >= 4 is 57.6 Å². The molecule has 3 aromatic rings. The number of halogens is 1. The van der Waals surface area contributed by atoms with Crippen molar-refractivity contribution in [1.82, 2.24) is 5.32 Å². The fourth-order valence-corrected chi connectivity index (χ4v) is 4.53. The average Bonchev–Trinajstić information content (AvgIpc) is 3.08. The van der Waals surface area contributed by atoms with Crippen molar-refractivity contribution in [2.24, 2.45) is 0 Å². The van der Waals surface area contributed by atoms with Gasteiger partial charge >= 0.3 is 6.09 Å². The third-order valence-corrected chi connectivity index (χ3v) is 6.59. The lowest BCUT2D eigenvalue weighted by Gasteiger charge is -2.30. The Labute approximate surface area is 200 Å². The number of carbonyl (C=O) groups is 4. The van der Waals surface area contributed by atoms with Gasteiger partial charge in [-0.05, 0) is 54.6 Å². The minimum absolute atomic E-state index is 0.157. The number of amides is 4. The van der Waals surface area contributed by atoms with Crippen LogP contribution in [0.15, 0.2) is 48.5 Å². The van der Waals surface area contributed by atoms with Gasteiger partial charge in [-0.2, -0.15) is 0 Å². The first-order valence-corrected chi connectivity index (χ1v) is 11.1. The number of nitrogens with zero attached hydrogens (tertiary/aromatic N) is 2. The number of carbonyl (C=O) groups excluding carboxylic acids is 4. The fraction of sp³-hybridized carbons (Fsp3) is 0.200. The van der Waals surface area contributed by atoms with Gasteiger partial charge in [0, 0.05) is 29.6 Å². The monoisotopic (exact) mass is 477 g/mol. The van der Waals surface area contributed by atoms with Crippen molar-refractivity contribution in [3.63, 3.8) is 0 Å². The Morgan fingerprint density at radius 1 is 1.15 bits per heavy atom. The molecule has 34 heavy (non-hydrogen) atoms. The first-order chi connectivity index (χ1) is 16.2. The highest BCUT2D eigenvalue weighted by molar-refractivity contribution is 6.31. The van der Waals surface area contributed by atoms with Gasteiger partial charge in [0.25, 0.3) is 5.91 Å². The Hall–Kier alpha value is -3.91. The Balaban J connectivity index is 1.46. The summed E-state index contributed by atoms with van der Waals surface area (Å²) in [7, 11) is 1.57. The standard InChI is InChI=1S/C25H20ClN3O5/c1-13-6-7-15(11-18(13)26)28(2)25(33)34-16-10-14-4-3-5-19-22(14)17(12-16)24(32)29(19)20-8-9-21(30)27-23(20)31/h3-7,10-12,20H,8-9H2,1-2H3,(H,27,30,31). The molecule has 0 saturated carbocycles. The molecule has 1 unspecified atom stereocenters. The van der Waals surface area contributed by atoms with Gasteiger partial charge in [0.1, 0.15) is 11.8 Å². The van der Waals surface area contributed by atoms with E-state index in [9.17, 15) is 19.2 Å². The maximum Gasteiger partial charge on any atom is 0.419 e. The Kier molecular flexibility index (Phi) is 5.25. The molecule has 0 aliphatic carbocycles. The third-order valence-electron chi connectivity index (χ3n) is 6.18. The molecule has 5 rings (SSSR count). The summed E-state index contributed by atoms with van der Waals surface area (Å²) in [5.74, 6) is -1.03. The molecule has 0 radical (unpaired) electrons. The van der Waals surface area contributed by atoms with Crippen LogP contribution in [0.2, 0.25) is 5.02 Å². The van der Waals surface area contributed by atoms with Crippen LogP contribution in [0.3, 0.4) is 0 Å². The van der Waals surface area contributed by atoms with E-state index in [-0.39, 0.29) is 30.4 Å². The molecule has 3 aromatic carbocycles. The van der Waals surface area contributed by atoms with Crippen LogP contribution in [0.4, 0.5) is 16.2 Å².